The van der Waals surface area contributed by atoms with Gasteiger partial charge < -0.3 is 59.3 Å². The number of rotatable bonds is 29. The first-order valence-electron chi connectivity index (χ1n) is 19.7. The predicted molar refractivity (Wildman–Crippen MR) is 214 cm³/mol. The Kier molecular flexibility index (Phi) is 26.3. The van der Waals surface area contributed by atoms with Gasteiger partial charge in [0.25, 0.3) is 0 Å². The van der Waals surface area contributed by atoms with Crippen LogP contribution < -0.4 is 59.3 Å². The van der Waals surface area contributed by atoms with Crippen molar-refractivity contribution >= 4 is 59.1 Å². The molecule has 0 aliphatic carbocycles. The van der Waals surface area contributed by atoms with E-state index in [1.807, 2.05) is 13.8 Å². The molecule has 0 aromatic carbocycles. The maximum absolute atomic E-state index is 13.3. The summed E-state index contributed by atoms with van der Waals surface area (Å²) in [5.41, 5.74) is 10.8. The molecule has 2 unspecified atom stereocenters. The van der Waals surface area contributed by atoms with Crippen molar-refractivity contribution < 1.29 is 47.9 Å². The maximum atomic E-state index is 13.3. The zero-order chi connectivity index (χ0) is 44.4. The van der Waals surface area contributed by atoms with Crippen molar-refractivity contribution in [1.82, 2.24) is 47.9 Å². The SMILES string of the molecule is CCCCCCC(=O)NCC(=O)NC(C(=O)NCC(=O)NCC(=O)NCC(=O)N[C@@H](CCN)C(=O)NC(C(=O)N[C@@H](CC(C)C)C(=O)NCC(N)=O)C(C)C)C(C)C. The molecule has 330 valence electrons. The third-order valence-corrected chi connectivity index (χ3v) is 8.42. The third kappa shape index (κ3) is 23.7. The van der Waals surface area contributed by atoms with Crippen LogP contribution in [0.3, 0.4) is 0 Å². The van der Waals surface area contributed by atoms with Gasteiger partial charge in [0.15, 0.2) is 0 Å². The van der Waals surface area contributed by atoms with E-state index in [1.165, 1.54) is 0 Å². The van der Waals surface area contributed by atoms with E-state index in [0.717, 1.165) is 19.3 Å². The van der Waals surface area contributed by atoms with Crippen LogP contribution in [0.4, 0.5) is 0 Å². The van der Waals surface area contributed by atoms with Crippen LogP contribution in [-0.2, 0) is 47.9 Å². The molecule has 0 aromatic rings. The van der Waals surface area contributed by atoms with Crippen molar-refractivity contribution in [3.63, 3.8) is 0 Å². The Morgan fingerprint density at radius 1 is 0.483 bits per heavy atom. The minimum Gasteiger partial charge on any atom is -0.368 e. The van der Waals surface area contributed by atoms with E-state index in [4.69, 9.17) is 11.5 Å². The minimum absolute atomic E-state index is 0.0201. The lowest BCUT2D eigenvalue weighted by molar-refractivity contribution is -0.135. The number of nitrogens with two attached hydrogens (primary N) is 2. The summed E-state index contributed by atoms with van der Waals surface area (Å²) in [6.07, 6.45) is 4.18. The fraction of sp³-hybridized carbons (Fsp3) is 0.730. The molecule has 0 radical (unpaired) electrons. The van der Waals surface area contributed by atoms with Crippen molar-refractivity contribution in [3.8, 4) is 0 Å². The summed E-state index contributed by atoms with van der Waals surface area (Å²) in [6, 6.07) is -4.35. The molecule has 21 nitrogen and oxygen atoms in total. The number of hydrogen-bond acceptors (Lipinski definition) is 11. The molecule has 0 saturated heterocycles. The summed E-state index contributed by atoms with van der Waals surface area (Å²) >= 11 is 0. The largest absolute Gasteiger partial charge is 0.368 e. The number of carbonyl (C=O) groups excluding carboxylic acids is 10. The van der Waals surface area contributed by atoms with Crippen LogP contribution in [0.15, 0.2) is 0 Å². The van der Waals surface area contributed by atoms with Gasteiger partial charge in [-0.3, -0.25) is 47.9 Å². The highest BCUT2D eigenvalue weighted by molar-refractivity contribution is 5.96. The van der Waals surface area contributed by atoms with Gasteiger partial charge in [-0.05, 0) is 43.6 Å². The molecule has 0 fully saturated rings. The fourth-order valence-corrected chi connectivity index (χ4v) is 5.23. The Morgan fingerprint density at radius 2 is 0.983 bits per heavy atom. The smallest absolute Gasteiger partial charge is 0.243 e. The van der Waals surface area contributed by atoms with Crippen molar-refractivity contribution in [2.45, 2.75) is 118 Å². The summed E-state index contributed by atoms with van der Waals surface area (Å²) in [5.74, 6) is -7.40. The molecule has 0 spiro atoms. The molecule has 0 rings (SSSR count). The lowest BCUT2D eigenvalue weighted by atomic mass is 9.99. The fourth-order valence-electron chi connectivity index (χ4n) is 5.23. The van der Waals surface area contributed by atoms with Gasteiger partial charge in [-0.25, -0.2) is 0 Å². The van der Waals surface area contributed by atoms with E-state index in [9.17, 15) is 47.9 Å². The van der Waals surface area contributed by atoms with Crippen molar-refractivity contribution in [1.29, 1.82) is 0 Å². The molecule has 0 bridgehead atoms. The molecule has 58 heavy (non-hydrogen) atoms. The van der Waals surface area contributed by atoms with Crippen LogP contribution in [0.5, 0.6) is 0 Å². The van der Waals surface area contributed by atoms with E-state index in [1.54, 1.807) is 27.7 Å². The summed E-state index contributed by atoms with van der Waals surface area (Å²) in [6.45, 7) is 10.0. The van der Waals surface area contributed by atoms with Gasteiger partial charge in [0.05, 0.1) is 32.7 Å². The topological polar surface area (TPSA) is 331 Å². The first kappa shape index (κ1) is 52.7. The highest BCUT2D eigenvalue weighted by atomic mass is 16.2. The Bertz CT molecular complexity index is 1410. The molecule has 0 aliphatic rings. The second-order valence-corrected chi connectivity index (χ2v) is 15.0. The standard InChI is InChI=1S/C37H67N11O10/c1-8-9-10-11-12-27(50)40-20-31(54)47-32(22(4)5)36(57)44-18-29(52)41-17-28(51)42-19-30(53)45-24(13-14-38)35(56)48-33(23(6)7)37(58)46-25(15-21(2)3)34(55)43-16-26(39)49/h21-25,32-33H,8-20,38H2,1-7H3,(H2,39,49)(H,40,50)(H,41,52)(H,42,51)(H,43,55)(H,44,57)(H,45,53)(H,46,58)(H,47,54)(H,48,56)/t24-,25-,32?,33?/m0/s1. The molecular weight excluding hydrogens is 758 g/mol. The highest BCUT2D eigenvalue weighted by Gasteiger charge is 2.32. The van der Waals surface area contributed by atoms with E-state index in [2.05, 4.69) is 54.8 Å². The quantitative estimate of drug-likeness (QED) is 0.0332. The number of unbranched alkanes of at least 4 members (excludes halogenated alkanes) is 3. The van der Waals surface area contributed by atoms with Crippen LogP contribution in [0, 0.1) is 17.8 Å². The van der Waals surface area contributed by atoms with Crippen molar-refractivity contribution in [2.24, 2.45) is 29.2 Å². The Labute approximate surface area is 340 Å². The second kappa shape index (κ2) is 29.0. The highest BCUT2D eigenvalue weighted by Crippen LogP contribution is 2.09. The summed E-state index contributed by atoms with van der Waals surface area (Å²) in [7, 11) is 0. The van der Waals surface area contributed by atoms with Crippen LogP contribution in [0.25, 0.3) is 0 Å². The van der Waals surface area contributed by atoms with E-state index >= 15 is 0 Å². The Morgan fingerprint density at radius 3 is 1.50 bits per heavy atom. The van der Waals surface area contributed by atoms with Crippen molar-refractivity contribution in [2.75, 3.05) is 39.3 Å². The van der Waals surface area contributed by atoms with Crippen LogP contribution in [0.2, 0.25) is 0 Å². The zero-order valence-electron chi connectivity index (χ0n) is 35.0. The van der Waals surface area contributed by atoms with Crippen LogP contribution >= 0.6 is 0 Å². The lowest BCUT2D eigenvalue weighted by Crippen LogP contribution is -2.59. The molecular formula is C37H67N11O10. The first-order valence-corrected chi connectivity index (χ1v) is 19.7. The summed E-state index contributed by atoms with van der Waals surface area (Å²) < 4.78 is 0. The van der Waals surface area contributed by atoms with E-state index in [0.29, 0.717) is 12.8 Å². The zero-order valence-corrected chi connectivity index (χ0v) is 35.0. The maximum Gasteiger partial charge on any atom is 0.243 e. The molecule has 4 atom stereocenters. The van der Waals surface area contributed by atoms with Gasteiger partial charge in [-0.1, -0.05) is 67.7 Å². The molecule has 0 saturated carbocycles. The third-order valence-electron chi connectivity index (χ3n) is 8.42. The number of amides is 10. The summed E-state index contributed by atoms with van der Waals surface area (Å²) in [4.78, 5) is 125. The first-order chi connectivity index (χ1) is 27.2. The second-order valence-electron chi connectivity index (χ2n) is 15.0. The van der Waals surface area contributed by atoms with E-state index in [-0.39, 0.29) is 43.7 Å². The average molecular weight is 826 g/mol. The summed E-state index contributed by atoms with van der Waals surface area (Å²) in [5, 5.41) is 22.1. The monoisotopic (exact) mass is 826 g/mol. The van der Waals surface area contributed by atoms with Crippen LogP contribution in [-0.4, -0.2) is 123 Å². The lowest BCUT2D eigenvalue weighted by Gasteiger charge is -2.27. The molecule has 0 heterocycles. The number of hydrogen-bond donors (Lipinski definition) is 11. The number of carbonyl (C=O) groups is 10. The Balaban J connectivity index is 5.00. The van der Waals surface area contributed by atoms with Crippen LogP contribution in [0.1, 0.15) is 93.4 Å². The number of primary amides is 1. The van der Waals surface area contributed by atoms with Gasteiger partial charge >= 0.3 is 0 Å². The molecule has 10 amide bonds. The van der Waals surface area contributed by atoms with Gasteiger partial charge in [-0.15, -0.1) is 0 Å². The Hall–Kier alpha value is -5.34. The predicted octanol–water partition coefficient (Wildman–Crippen LogP) is -3.33. The normalized spacial score (nSPS) is 12.9. The van der Waals surface area contributed by atoms with Crippen molar-refractivity contribution in [3.05, 3.63) is 0 Å². The average Bonchev–Trinajstić information content (AvgIpc) is 3.15. The van der Waals surface area contributed by atoms with Gasteiger partial charge in [-0.2, -0.15) is 0 Å². The minimum atomic E-state index is -1.20. The van der Waals surface area contributed by atoms with E-state index < -0.39 is 109 Å². The molecule has 0 aromatic heterocycles. The molecule has 0 aliphatic heterocycles. The van der Waals surface area contributed by atoms with Gasteiger partial charge in [0.1, 0.15) is 24.2 Å². The molecule has 13 N–H and O–H groups in total. The number of nitrogens with one attached hydrogen (secondary N) is 9. The van der Waals surface area contributed by atoms with Gasteiger partial charge in [0, 0.05) is 6.42 Å². The van der Waals surface area contributed by atoms with Gasteiger partial charge in [0.2, 0.25) is 59.1 Å². The molecule has 21 heteroatoms.